The van der Waals surface area contributed by atoms with Crippen molar-refractivity contribution in [1.82, 2.24) is 5.32 Å². The van der Waals surface area contributed by atoms with Gasteiger partial charge >= 0.3 is 0 Å². The maximum Gasteiger partial charge on any atom is 0.254 e. The van der Waals surface area contributed by atoms with Crippen molar-refractivity contribution in [1.29, 1.82) is 0 Å². The second-order valence-electron chi connectivity index (χ2n) is 6.27. The highest BCUT2D eigenvalue weighted by atomic mass is 16.2. The fourth-order valence-electron chi connectivity index (χ4n) is 3.35. The summed E-state index contributed by atoms with van der Waals surface area (Å²) in [6.45, 7) is 1.69. The van der Waals surface area contributed by atoms with Crippen LogP contribution in [0.5, 0.6) is 0 Å². The van der Waals surface area contributed by atoms with Gasteiger partial charge in [-0.1, -0.05) is 54.6 Å². The molecule has 26 heavy (non-hydrogen) atoms. The Morgan fingerprint density at radius 3 is 1.58 bits per heavy atom. The minimum atomic E-state index is -0.229. The second kappa shape index (κ2) is 7.31. The molecule has 0 radical (unpaired) electrons. The molecule has 1 N–H and O–H groups in total. The summed E-state index contributed by atoms with van der Waals surface area (Å²) in [6, 6.07) is 29.8. The van der Waals surface area contributed by atoms with Gasteiger partial charge in [0.15, 0.2) is 6.29 Å². The van der Waals surface area contributed by atoms with Crippen molar-refractivity contribution in [2.75, 3.05) is 22.9 Å². The van der Waals surface area contributed by atoms with Crippen molar-refractivity contribution in [2.24, 2.45) is 0 Å². The number of amides is 1. The molecule has 0 aromatic heterocycles. The average Bonchev–Trinajstić information content (AvgIpc) is 3.13. The van der Waals surface area contributed by atoms with E-state index in [-0.39, 0.29) is 12.2 Å². The lowest BCUT2D eigenvalue weighted by atomic mass is 10.2. The number of carbonyl (C=O) groups excluding carboxylic acids is 1. The van der Waals surface area contributed by atoms with Crippen LogP contribution in [0.3, 0.4) is 0 Å². The third-order valence-corrected chi connectivity index (χ3v) is 4.64. The van der Waals surface area contributed by atoms with Crippen molar-refractivity contribution in [3.63, 3.8) is 0 Å². The molecule has 0 spiro atoms. The Balaban J connectivity index is 1.64. The highest BCUT2D eigenvalue weighted by molar-refractivity contribution is 5.94. The monoisotopic (exact) mass is 343 g/mol. The average molecular weight is 343 g/mol. The van der Waals surface area contributed by atoms with Crippen molar-refractivity contribution >= 4 is 17.3 Å². The molecule has 0 bridgehead atoms. The SMILES string of the molecule is O=C(NC1N(c2ccccc2)CCN1c1ccccc1)c1ccccc1. The first kappa shape index (κ1) is 16.2. The standard InChI is InChI=1S/C22H21N3O/c26-21(18-10-4-1-5-11-18)23-22-24(19-12-6-2-7-13-19)16-17-25(22)20-14-8-3-9-15-20/h1-15,22H,16-17H2,(H,23,26). The molecular weight excluding hydrogens is 322 g/mol. The first-order chi connectivity index (χ1) is 12.8. The molecule has 0 aliphatic carbocycles. The van der Waals surface area contributed by atoms with Gasteiger partial charge in [-0.2, -0.15) is 0 Å². The van der Waals surface area contributed by atoms with Gasteiger partial charge in [0.05, 0.1) is 0 Å². The molecule has 1 aliphatic rings. The Kier molecular flexibility index (Phi) is 4.56. The maximum atomic E-state index is 12.8. The summed E-state index contributed by atoms with van der Waals surface area (Å²) < 4.78 is 0. The summed E-state index contributed by atoms with van der Waals surface area (Å²) in [5.74, 6) is -0.0700. The van der Waals surface area contributed by atoms with Crippen molar-refractivity contribution < 1.29 is 4.79 Å². The molecule has 0 atom stereocenters. The Morgan fingerprint density at radius 2 is 1.12 bits per heavy atom. The van der Waals surface area contributed by atoms with Gasteiger partial charge in [0.1, 0.15) is 0 Å². The third kappa shape index (κ3) is 3.26. The number of nitrogens with zero attached hydrogens (tertiary/aromatic N) is 2. The van der Waals surface area contributed by atoms with E-state index in [9.17, 15) is 4.79 Å². The number of anilines is 2. The fraction of sp³-hybridized carbons (Fsp3) is 0.136. The van der Waals surface area contributed by atoms with E-state index in [1.165, 1.54) is 0 Å². The lowest BCUT2D eigenvalue weighted by molar-refractivity contribution is 0.0939. The molecule has 4 nitrogen and oxygen atoms in total. The van der Waals surface area contributed by atoms with Crippen LogP contribution in [0.2, 0.25) is 0 Å². The van der Waals surface area contributed by atoms with E-state index >= 15 is 0 Å². The summed E-state index contributed by atoms with van der Waals surface area (Å²) in [5, 5.41) is 3.21. The highest BCUT2D eigenvalue weighted by Crippen LogP contribution is 2.27. The Labute approximate surface area is 153 Å². The van der Waals surface area contributed by atoms with Gasteiger partial charge in [0.2, 0.25) is 0 Å². The molecule has 3 aromatic carbocycles. The third-order valence-electron chi connectivity index (χ3n) is 4.64. The van der Waals surface area contributed by atoms with E-state index in [1.54, 1.807) is 0 Å². The minimum absolute atomic E-state index is 0.0700. The van der Waals surface area contributed by atoms with E-state index < -0.39 is 0 Å². The van der Waals surface area contributed by atoms with Crippen LogP contribution in [0.15, 0.2) is 91.0 Å². The number of carbonyl (C=O) groups is 1. The fourth-order valence-corrected chi connectivity index (χ4v) is 3.35. The highest BCUT2D eigenvalue weighted by Gasteiger charge is 2.33. The molecule has 1 amide bonds. The van der Waals surface area contributed by atoms with Gasteiger partial charge < -0.3 is 15.1 Å². The number of rotatable bonds is 4. The van der Waals surface area contributed by atoms with Gasteiger partial charge in [0, 0.05) is 30.0 Å². The predicted molar refractivity (Wildman–Crippen MR) is 105 cm³/mol. The molecule has 1 saturated heterocycles. The molecule has 1 aliphatic heterocycles. The molecular formula is C22H21N3O. The number of nitrogens with one attached hydrogen (secondary N) is 1. The Hall–Kier alpha value is -3.27. The number of para-hydroxylation sites is 2. The van der Waals surface area contributed by atoms with Crippen LogP contribution in [0, 0.1) is 0 Å². The first-order valence-corrected chi connectivity index (χ1v) is 8.82. The second-order valence-corrected chi connectivity index (χ2v) is 6.27. The zero-order valence-electron chi connectivity index (χ0n) is 14.5. The number of benzene rings is 3. The lowest BCUT2D eigenvalue weighted by Gasteiger charge is -2.33. The van der Waals surface area contributed by atoms with Crippen LogP contribution in [-0.2, 0) is 0 Å². The van der Waals surface area contributed by atoms with Gasteiger partial charge in [0.25, 0.3) is 5.91 Å². The Bertz CT molecular complexity index is 805. The zero-order chi connectivity index (χ0) is 17.8. The topological polar surface area (TPSA) is 35.6 Å². The van der Waals surface area contributed by atoms with Crippen LogP contribution in [-0.4, -0.2) is 25.3 Å². The Morgan fingerprint density at radius 1 is 0.692 bits per heavy atom. The molecule has 1 fully saturated rings. The summed E-state index contributed by atoms with van der Waals surface area (Å²) in [4.78, 5) is 17.2. The summed E-state index contributed by atoms with van der Waals surface area (Å²) >= 11 is 0. The van der Waals surface area contributed by atoms with Crippen LogP contribution in [0.25, 0.3) is 0 Å². The summed E-state index contributed by atoms with van der Waals surface area (Å²) in [6.07, 6.45) is -0.229. The van der Waals surface area contributed by atoms with Crippen LogP contribution < -0.4 is 15.1 Å². The van der Waals surface area contributed by atoms with Gasteiger partial charge in [-0.05, 0) is 36.4 Å². The zero-order valence-corrected chi connectivity index (χ0v) is 14.5. The molecule has 130 valence electrons. The first-order valence-electron chi connectivity index (χ1n) is 8.82. The molecule has 0 unspecified atom stereocenters. The quantitative estimate of drug-likeness (QED) is 0.784. The van der Waals surface area contributed by atoms with E-state index in [4.69, 9.17) is 0 Å². The van der Waals surface area contributed by atoms with Gasteiger partial charge in [-0.15, -0.1) is 0 Å². The molecule has 4 heteroatoms. The lowest BCUT2D eigenvalue weighted by Crippen LogP contribution is -2.52. The molecule has 1 heterocycles. The largest absolute Gasteiger partial charge is 0.332 e. The number of hydrogen-bond acceptors (Lipinski definition) is 3. The normalized spacial score (nSPS) is 14.5. The van der Waals surface area contributed by atoms with Crippen molar-refractivity contribution in [2.45, 2.75) is 6.29 Å². The number of hydrogen-bond donors (Lipinski definition) is 1. The maximum absolute atomic E-state index is 12.8. The summed E-state index contributed by atoms with van der Waals surface area (Å²) in [7, 11) is 0. The van der Waals surface area contributed by atoms with Crippen LogP contribution in [0.4, 0.5) is 11.4 Å². The minimum Gasteiger partial charge on any atom is -0.332 e. The van der Waals surface area contributed by atoms with E-state index in [1.807, 2.05) is 66.7 Å². The summed E-state index contributed by atoms with van der Waals surface area (Å²) in [5.41, 5.74) is 2.87. The van der Waals surface area contributed by atoms with Crippen molar-refractivity contribution in [3.8, 4) is 0 Å². The van der Waals surface area contributed by atoms with E-state index in [2.05, 4.69) is 39.4 Å². The predicted octanol–water partition coefficient (Wildman–Crippen LogP) is 3.73. The molecule has 3 aromatic rings. The van der Waals surface area contributed by atoms with E-state index in [0.717, 1.165) is 24.5 Å². The smallest absolute Gasteiger partial charge is 0.254 e. The van der Waals surface area contributed by atoms with Crippen LogP contribution >= 0.6 is 0 Å². The van der Waals surface area contributed by atoms with Gasteiger partial charge in [-0.25, -0.2) is 0 Å². The van der Waals surface area contributed by atoms with Crippen molar-refractivity contribution in [3.05, 3.63) is 96.6 Å². The van der Waals surface area contributed by atoms with E-state index in [0.29, 0.717) is 5.56 Å². The molecule has 4 rings (SSSR count). The van der Waals surface area contributed by atoms with Gasteiger partial charge in [-0.3, -0.25) is 4.79 Å². The molecule has 0 saturated carbocycles. The van der Waals surface area contributed by atoms with Crippen LogP contribution in [0.1, 0.15) is 10.4 Å².